The van der Waals surface area contributed by atoms with E-state index < -0.39 is 5.97 Å². The smallest absolute Gasteiger partial charge is 0.308 e. The van der Waals surface area contributed by atoms with Crippen LogP contribution in [0.25, 0.3) is 0 Å². The second kappa shape index (κ2) is 5.82. The van der Waals surface area contributed by atoms with Crippen molar-refractivity contribution in [2.24, 2.45) is 0 Å². The van der Waals surface area contributed by atoms with Gasteiger partial charge in [0.05, 0.1) is 4.47 Å². The van der Waals surface area contributed by atoms with Crippen molar-refractivity contribution < 1.29 is 19.1 Å². The molecule has 1 aromatic rings. The SMILES string of the molecule is CC(=O)OCc1cc(C)c(Br)c(OC(C)=O)c1. The number of benzene rings is 1. The van der Waals surface area contributed by atoms with Crippen LogP contribution in [0.2, 0.25) is 0 Å². The molecule has 0 saturated carbocycles. The minimum Gasteiger partial charge on any atom is -0.461 e. The van der Waals surface area contributed by atoms with E-state index in [1.54, 1.807) is 6.07 Å². The summed E-state index contributed by atoms with van der Waals surface area (Å²) in [4.78, 5) is 21.6. The second-order valence-electron chi connectivity index (χ2n) is 3.60. The monoisotopic (exact) mass is 300 g/mol. The molecule has 0 aliphatic rings. The molecule has 0 spiro atoms. The standard InChI is InChI=1S/C12H13BrO4/c1-7-4-10(6-16-8(2)14)5-11(12(7)13)17-9(3)15/h4-5H,6H2,1-3H3. The first-order chi connectivity index (χ1) is 7.90. The Morgan fingerprint density at radius 1 is 1.24 bits per heavy atom. The number of aryl methyl sites for hydroxylation is 1. The van der Waals surface area contributed by atoms with Gasteiger partial charge in [0.2, 0.25) is 0 Å². The molecule has 4 nitrogen and oxygen atoms in total. The summed E-state index contributed by atoms with van der Waals surface area (Å²) in [6.07, 6.45) is 0. The van der Waals surface area contributed by atoms with Crippen molar-refractivity contribution in [3.05, 3.63) is 27.7 Å². The van der Waals surface area contributed by atoms with Gasteiger partial charge < -0.3 is 9.47 Å². The van der Waals surface area contributed by atoms with Gasteiger partial charge in [0.25, 0.3) is 0 Å². The van der Waals surface area contributed by atoms with Gasteiger partial charge in [-0.3, -0.25) is 9.59 Å². The number of hydrogen-bond acceptors (Lipinski definition) is 4. The molecule has 0 unspecified atom stereocenters. The van der Waals surface area contributed by atoms with E-state index in [-0.39, 0.29) is 12.6 Å². The molecule has 0 radical (unpaired) electrons. The van der Waals surface area contributed by atoms with E-state index in [4.69, 9.17) is 9.47 Å². The van der Waals surface area contributed by atoms with Crippen LogP contribution in [0.15, 0.2) is 16.6 Å². The van der Waals surface area contributed by atoms with Gasteiger partial charge in [0.15, 0.2) is 0 Å². The summed E-state index contributed by atoms with van der Waals surface area (Å²) in [6.45, 7) is 4.71. The normalized spacial score (nSPS) is 9.88. The van der Waals surface area contributed by atoms with Gasteiger partial charge in [-0.1, -0.05) is 6.07 Å². The van der Waals surface area contributed by atoms with Crippen molar-refractivity contribution in [2.75, 3.05) is 0 Å². The lowest BCUT2D eigenvalue weighted by Gasteiger charge is -2.10. The van der Waals surface area contributed by atoms with Crippen LogP contribution in [-0.2, 0) is 20.9 Å². The van der Waals surface area contributed by atoms with Gasteiger partial charge in [-0.2, -0.15) is 0 Å². The fourth-order valence-corrected chi connectivity index (χ4v) is 1.62. The van der Waals surface area contributed by atoms with Gasteiger partial charge in [0.1, 0.15) is 12.4 Å². The van der Waals surface area contributed by atoms with Crippen molar-refractivity contribution >= 4 is 27.9 Å². The van der Waals surface area contributed by atoms with E-state index in [2.05, 4.69) is 15.9 Å². The van der Waals surface area contributed by atoms with Crippen LogP contribution in [0, 0.1) is 6.92 Å². The van der Waals surface area contributed by atoms with Crippen LogP contribution < -0.4 is 4.74 Å². The molecule has 17 heavy (non-hydrogen) atoms. The largest absolute Gasteiger partial charge is 0.461 e. The Hall–Kier alpha value is -1.36. The number of hydrogen-bond donors (Lipinski definition) is 0. The summed E-state index contributed by atoms with van der Waals surface area (Å²) in [5, 5.41) is 0. The maximum Gasteiger partial charge on any atom is 0.308 e. The number of halogens is 1. The predicted molar refractivity (Wildman–Crippen MR) is 65.7 cm³/mol. The van der Waals surface area contributed by atoms with Crippen molar-refractivity contribution in [2.45, 2.75) is 27.4 Å². The van der Waals surface area contributed by atoms with Crippen molar-refractivity contribution in [1.82, 2.24) is 0 Å². The number of carbonyl (C=O) groups is 2. The molecule has 0 aromatic heterocycles. The summed E-state index contributed by atoms with van der Waals surface area (Å²) < 4.78 is 10.7. The van der Waals surface area contributed by atoms with E-state index in [0.29, 0.717) is 5.75 Å². The zero-order valence-corrected chi connectivity index (χ0v) is 11.5. The highest BCUT2D eigenvalue weighted by Gasteiger charge is 2.09. The Morgan fingerprint density at radius 2 is 1.88 bits per heavy atom. The second-order valence-corrected chi connectivity index (χ2v) is 4.39. The maximum absolute atomic E-state index is 10.9. The highest BCUT2D eigenvalue weighted by atomic mass is 79.9. The Kier molecular flexibility index (Phi) is 4.69. The van der Waals surface area contributed by atoms with E-state index in [0.717, 1.165) is 15.6 Å². The number of carbonyl (C=O) groups excluding carboxylic acids is 2. The average Bonchev–Trinajstić information content (AvgIpc) is 2.21. The predicted octanol–water partition coefficient (Wildman–Crippen LogP) is 2.75. The molecule has 0 bridgehead atoms. The van der Waals surface area contributed by atoms with Gasteiger partial charge in [-0.25, -0.2) is 0 Å². The minimum atomic E-state index is -0.394. The van der Waals surface area contributed by atoms with Crippen LogP contribution >= 0.6 is 15.9 Å². The zero-order valence-electron chi connectivity index (χ0n) is 9.87. The van der Waals surface area contributed by atoms with Crippen molar-refractivity contribution in [3.8, 4) is 5.75 Å². The first-order valence-electron chi connectivity index (χ1n) is 5.01. The van der Waals surface area contributed by atoms with Crippen molar-refractivity contribution in [3.63, 3.8) is 0 Å². The molecule has 0 atom stereocenters. The average molecular weight is 301 g/mol. The van der Waals surface area contributed by atoms with Crippen molar-refractivity contribution in [1.29, 1.82) is 0 Å². The first kappa shape index (κ1) is 13.7. The molecule has 0 N–H and O–H groups in total. The third-order valence-electron chi connectivity index (χ3n) is 1.98. The summed E-state index contributed by atoms with van der Waals surface area (Å²) in [5.41, 5.74) is 1.68. The number of ether oxygens (including phenoxy) is 2. The number of rotatable bonds is 3. The van der Waals surface area contributed by atoms with Crippen LogP contribution in [0.3, 0.4) is 0 Å². The molecular weight excluding hydrogens is 288 g/mol. The van der Waals surface area contributed by atoms with E-state index in [1.807, 2.05) is 13.0 Å². The highest BCUT2D eigenvalue weighted by Crippen LogP contribution is 2.30. The molecule has 1 rings (SSSR count). The maximum atomic E-state index is 10.9. The van der Waals surface area contributed by atoms with Gasteiger partial charge in [0, 0.05) is 13.8 Å². The Morgan fingerprint density at radius 3 is 2.41 bits per heavy atom. The quantitative estimate of drug-likeness (QED) is 0.636. The summed E-state index contributed by atoms with van der Waals surface area (Å²) >= 11 is 3.34. The van der Waals surface area contributed by atoms with Gasteiger partial charge in [-0.15, -0.1) is 0 Å². The summed E-state index contributed by atoms with van der Waals surface area (Å²) in [6, 6.07) is 3.53. The molecule has 92 valence electrons. The molecule has 1 aromatic carbocycles. The minimum absolute atomic E-state index is 0.164. The topological polar surface area (TPSA) is 52.6 Å². The van der Waals surface area contributed by atoms with Crippen LogP contribution in [0.4, 0.5) is 0 Å². The lowest BCUT2D eigenvalue weighted by Crippen LogP contribution is -2.04. The molecule has 5 heteroatoms. The van der Waals surface area contributed by atoms with Gasteiger partial charge in [-0.05, 0) is 40.0 Å². The zero-order chi connectivity index (χ0) is 13.0. The molecule has 0 heterocycles. The van der Waals surface area contributed by atoms with E-state index in [9.17, 15) is 9.59 Å². The fraction of sp³-hybridized carbons (Fsp3) is 0.333. The molecule has 0 saturated heterocycles. The lowest BCUT2D eigenvalue weighted by atomic mass is 10.1. The number of esters is 2. The van der Waals surface area contributed by atoms with E-state index in [1.165, 1.54) is 13.8 Å². The Balaban J connectivity index is 2.97. The third kappa shape index (κ3) is 4.19. The molecule has 0 aliphatic heterocycles. The highest BCUT2D eigenvalue weighted by molar-refractivity contribution is 9.10. The molecule has 0 fully saturated rings. The summed E-state index contributed by atoms with van der Waals surface area (Å²) in [5.74, 6) is -0.311. The molecular formula is C12H13BrO4. The fourth-order valence-electron chi connectivity index (χ4n) is 1.31. The third-order valence-corrected chi connectivity index (χ3v) is 2.99. The lowest BCUT2D eigenvalue weighted by molar-refractivity contribution is -0.142. The molecule has 0 aliphatic carbocycles. The van der Waals surface area contributed by atoms with E-state index >= 15 is 0 Å². The van der Waals surface area contributed by atoms with Crippen LogP contribution in [-0.4, -0.2) is 11.9 Å². The summed E-state index contributed by atoms with van der Waals surface area (Å²) in [7, 11) is 0. The van der Waals surface area contributed by atoms with Crippen LogP contribution in [0.5, 0.6) is 5.75 Å². The van der Waals surface area contributed by atoms with Crippen LogP contribution in [0.1, 0.15) is 25.0 Å². The first-order valence-corrected chi connectivity index (χ1v) is 5.80. The molecule has 0 amide bonds. The van der Waals surface area contributed by atoms with Gasteiger partial charge >= 0.3 is 11.9 Å². The Labute approximate surface area is 108 Å². The Bertz CT molecular complexity index is 454.